The van der Waals surface area contributed by atoms with Gasteiger partial charge in [-0.1, -0.05) is 65.7 Å². The molecule has 8 nitrogen and oxygen atoms in total. The van der Waals surface area contributed by atoms with Crippen LogP contribution >= 0.6 is 11.6 Å². The molecule has 0 aliphatic rings. The van der Waals surface area contributed by atoms with Gasteiger partial charge in [-0.25, -0.2) is 13.8 Å². The predicted octanol–water partition coefficient (Wildman–Crippen LogP) is 6.16. The molecule has 0 spiro atoms. The predicted molar refractivity (Wildman–Crippen MR) is 163 cm³/mol. The number of hydrogen-bond donors (Lipinski definition) is 2. The molecule has 2 N–H and O–H groups in total. The van der Waals surface area contributed by atoms with Crippen molar-refractivity contribution in [3.63, 3.8) is 0 Å². The molecule has 210 valence electrons. The summed E-state index contributed by atoms with van der Waals surface area (Å²) in [4.78, 5) is 24.7. The van der Waals surface area contributed by atoms with Crippen molar-refractivity contribution in [1.29, 1.82) is 0 Å². The zero-order valence-corrected chi connectivity index (χ0v) is 24.3. The molecule has 0 bridgehead atoms. The standard InChI is InChI=1S/C31H29ClN4O4S/c1-21-8-18-28(19-9-21)41(39,40)36(20-24-10-14-26(32)15-11-24)30-7-5-4-6-29(30)31(38)35-34-22(2)25-12-16-27(17-13-25)33-23(3)37/h4-19H,20H2,1-3H3,(H,33,37)(H,35,38)/b34-22-. The topological polar surface area (TPSA) is 108 Å². The molecule has 4 rings (SSSR count). The second-order valence-corrected chi connectivity index (χ2v) is 11.7. The lowest BCUT2D eigenvalue weighted by Gasteiger charge is -2.26. The van der Waals surface area contributed by atoms with Crippen LogP contribution in [0.15, 0.2) is 107 Å². The average Bonchev–Trinajstić information content (AvgIpc) is 2.95. The minimum atomic E-state index is -4.07. The Hall–Kier alpha value is -4.47. The first-order valence-corrected chi connectivity index (χ1v) is 14.5. The van der Waals surface area contributed by atoms with Crippen molar-refractivity contribution in [2.24, 2.45) is 5.10 Å². The summed E-state index contributed by atoms with van der Waals surface area (Å²) >= 11 is 6.05. The Balaban J connectivity index is 1.67. The fraction of sp³-hybridized carbons (Fsp3) is 0.129. The highest BCUT2D eigenvalue weighted by Crippen LogP contribution is 2.30. The summed E-state index contributed by atoms with van der Waals surface area (Å²) in [6.07, 6.45) is 0. The molecule has 0 saturated carbocycles. The van der Waals surface area contributed by atoms with Crippen LogP contribution in [0.4, 0.5) is 11.4 Å². The lowest BCUT2D eigenvalue weighted by Crippen LogP contribution is -2.33. The van der Waals surface area contributed by atoms with Gasteiger partial charge in [-0.05, 0) is 73.5 Å². The van der Waals surface area contributed by atoms with E-state index in [1.807, 2.05) is 6.92 Å². The molecule has 2 amide bonds. The number of amides is 2. The van der Waals surface area contributed by atoms with Crippen LogP contribution < -0.4 is 15.0 Å². The van der Waals surface area contributed by atoms with E-state index in [0.717, 1.165) is 11.1 Å². The van der Waals surface area contributed by atoms with Gasteiger partial charge < -0.3 is 5.32 Å². The number of nitrogens with one attached hydrogen (secondary N) is 2. The van der Waals surface area contributed by atoms with E-state index >= 15 is 0 Å². The highest BCUT2D eigenvalue weighted by molar-refractivity contribution is 7.92. The molecule has 41 heavy (non-hydrogen) atoms. The summed E-state index contributed by atoms with van der Waals surface area (Å²) in [6.45, 7) is 5.01. The number of nitrogens with zero attached hydrogens (tertiary/aromatic N) is 2. The Morgan fingerprint density at radius 2 is 1.49 bits per heavy atom. The van der Waals surface area contributed by atoms with Crippen LogP contribution in [-0.2, 0) is 21.4 Å². The Morgan fingerprint density at radius 3 is 2.12 bits per heavy atom. The summed E-state index contributed by atoms with van der Waals surface area (Å²) in [5.74, 6) is -0.751. The number of sulfonamides is 1. The molecule has 0 aromatic heterocycles. The number of benzene rings is 4. The van der Waals surface area contributed by atoms with Crippen LogP contribution in [0, 0.1) is 6.92 Å². The number of halogens is 1. The third-order valence-electron chi connectivity index (χ3n) is 6.21. The van der Waals surface area contributed by atoms with Gasteiger partial charge in [0.05, 0.1) is 28.4 Å². The van der Waals surface area contributed by atoms with Crippen molar-refractivity contribution in [2.45, 2.75) is 32.2 Å². The first kappa shape index (κ1) is 29.5. The zero-order valence-electron chi connectivity index (χ0n) is 22.8. The maximum atomic E-state index is 14.0. The highest BCUT2D eigenvalue weighted by Gasteiger charge is 2.28. The van der Waals surface area contributed by atoms with Crippen LogP contribution in [-0.4, -0.2) is 25.9 Å². The number of para-hydroxylation sites is 1. The first-order chi connectivity index (χ1) is 19.5. The largest absolute Gasteiger partial charge is 0.326 e. The maximum absolute atomic E-state index is 14.0. The van der Waals surface area contributed by atoms with Gasteiger partial charge in [0.25, 0.3) is 15.9 Å². The highest BCUT2D eigenvalue weighted by atomic mass is 35.5. The number of rotatable bonds is 9. The van der Waals surface area contributed by atoms with Crippen molar-refractivity contribution in [1.82, 2.24) is 5.43 Å². The number of hydrogen-bond acceptors (Lipinski definition) is 5. The monoisotopic (exact) mass is 588 g/mol. The number of aryl methyl sites for hydroxylation is 1. The molecule has 10 heteroatoms. The number of carbonyl (C=O) groups excluding carboxylic acids is 2. The Labute approximate surface area is 244 Å². The van der Waals surface area contributed by atoms with Gasteiger partial charge in [-0.2, -0.15) is 5.10 Å². The van der Waals surface area contributed by atoms with Crippen LogP contribution in [0.25, 0.3) is 0 Å². The van der Waals surface area contributed by atoms with Crippen molar-refractivity contribution in [3.05, 3.63) is 124 Å². The molecule has 0 saturated heterocycles. The third kappa shape index (κ3) is 7.39. The Bertz CT molecular complexity index is 1690. The van der Waals surface area contributed by atoms with Gasteiger partial charge in [0.15, 0.2) is 0 Å². The van der Waals surface area contributed by atoms with E-state index in [1.54, 1.807) is 104 Å². The summed E-state index contributed by atoms with van der Waals surface area (Å²) in [6, 6.07) is 26.9. The smallest absolute Gasteiger partial charge is 0.273 e. The molecule has 0 heterocycles. The lowest BCUT2D eigenvalue weighted by atomic mass is 10.1. The van der Waals surface area contributed by atoms with Crippen molar-refractivity contribution in [2.75, 3.05) is 9.62 Å². The quantitative estimate of drug-likeness (QED) is 0.180. The summed E-state index contributed by atoms with van der Waals surface area (Å²) in [5, 5.41) is 7.46. The SMILES string of the molecule is CC(=O)Nc1ccc(/C(C)=N\NC(=O)c2ccccc2N(Cc2ccc(Cl)cc2)S(=O)(=O)c2ccc(C)cc2)cc1. The third-order valence-corrected chi connectivity index (χ3v) is 8.24. The first-order valence-electron chi connectivity index (χ1n) is 12.7. The normalized spacial score (nSPS) is 11.6. The molecular weight excluding hydrogens is 560 g/mol. The van der Waals surface area contributed by atoms with Gasteiger partial charge in [-0.3, -0.25) is 13.9 Å². The Morgan fingerprint density at radius 1 is 0.854 bits per heavy atom. The van der Waals surface area contributed by atoms with E-state index < -0.39 is 15.9 Å². The van der Waals surface area contributed by atoms with Gasteiger partial charge >= 0.3 is 0 Å². The summed E-state index contributed by atoms with van der Waals surface area (Å²) in [5.41, 5.74) is 6.40. The summed E-state index contributed by atoms with van der Waals surface area (Å²) in [7, 11) is -4.07. The second kappa shape index (κ2) is 12.8. The van der Waals surface area contributed by atoms with E-state index in [-0.39, 0.29) is 28.6 Å². The molecule has 4 aromatic carbocycles. The number of hydrazone groups is 1. The van der Waals surface area contributed by atoms with E-state index in [9.17, 15) is 18.0 Å². The molecule has 4 aromatic rings. The van der Waals surface area contributed by atoms with E-state index in [1.165, 1.54) is 11.2 Å². The molecule has 0 unspecified atom stereocenters. The molecule has 0 aliphatic carbocycles. The zero-order chi connectivity index (χ0) is 29.6. The van der Waals surface area contributed by atoms with Crippen LogP contribution in [0.3, 0.4) is 0 Å². The molecule has 0 radical (unpaired) electrons. The van der Waals surface area contributed by atoms with Crippen LogP contribution in [0.5, 0.6) is 0 Å². The minimum Gasteiger partial charge on any atom is -0.326 e. The maximum Gasteiger partial charge on any atom is 0.273 e. The van der Waals surface area contributed by atoms with Gasteiger partial charge in [0, 0.05) is 17.6 Å². The van der Waals surface area contributed by atoms with Crippen molar-refractivity contribution >= 4 is 50.5 Å². The average molecular weight is 589 g/mol. The Kier molecular flexibility index (Phi) is 9.21. The van der Waals surface area contributed by atoms with E-state index in [2.05, 4.69) is 15.8 Å². The molecular formula is C31H29ClN4O4S. The fourth-order valence-corrected chi connectivity index (χ4v) is 5.63. The van der Waals surface area contributed by atoms with Gasteiger partial charge in [-0.15, -0.1) is 0 Å². The number of carbonyl (C=O) groups is 2. The fourth-order valence-electron chi connectivity index (χ4n) is 4.03. The second-order valence-electron chi connectivity index (χ2n) is 9.37. The summed E-state index contributed by atoms with van der Waals surface area (Å²) < 4.78 is 29.1. The van der Waals surface area contributed by atoms with Crippen molar-refractivity contribution in [3.8, 4) is 0 Å². The van der Waals surface area contributed by atoms with E-state index in [0.29, 0.717) is 22.0 Å². The molecule has 0 fully saturated rings. The molecule has 0 atom stereocenters. The van der Waals surface area contributed by atoms with Crippen molar-refractivity contribution < 1.29 is 18.0 Å². The molecule has 0 aliphatic heterocycles. The van der Waals surface area contributed by atoms with Gasteiger partial charge in [0.2, 0.25) is 5.91 Å². The van der Waals surface area contributed by atoms with E-state index in [4.69, 9.17) is 11.6 Å². The minimum absolute atomic E-state index is 0.0272. The van der Waals surface area contributed by atoms with Gasteiger partial charge in [0.1, 0.15) is 0 Å². The number of anilines is 2. The van der Waals surface area contributed by atoms with Crippen LogP contribution in [0.2, 0.25) is 5.02 Å². The van der Waals surface area contributed by atoms with Crippen LogP contribution in [0.1, 0.15) is 40.9 Å². The lowest BCUT2D eigenvalue weighted by molar-refractivity contribution is -0.114.